The monoisotopic (exact) mass is 1720 g/mol. The van der Waals surface area contributed by atoms with Crippen molar-refractivity contribution in [2.75, 3.05) is 52.6 Å². The van der Waals surface area contributed by atoms with Gasteiger partial charge in [0.05, 0.1) is 71.7 Å². The van der Waals surface area contributed by atoms with Crippen LogP contribution in [-0.2, 0) is 51.7 Å². The first-order chi connectivity index (χ1) is 64.1. The molecule has 130 heavy (non-hydrogen) atoms. The number of pyridine rings is 8. The van der Waals surface area contributed by atoms with Crippen molar-refractivity contribution in [3.63, 3.8) is 0 Å². The maximum Gasteiger partial charge on any atom is 0.251 e. The standard InChI is InChI=1S/C108H92N12O10/c121-105(87-41-49-113-95(67-87)91-37-7-11-45-109-91)117-53-57-125-99-75-25-15-29-79(99)63-83-33-19-34-84(103(83)129-71-73-21-3-1-4-22-73)64-80-30-16-26-76(100(80)126-58-54-118-106(122)88-42-50-114-96(68-88)92-38-8-12-46-110-92)62-78-28-18-32-82(102(78)128-60-56-120-108(124)90-44-52-116-98(70-90)94-40-10-14-48-112-94)66-86-36-20-35-85(104(86)130-72-74-23-5-2-6-24-74)65-81-31-17-27-77(61-75)101(81)127-59-55-119-107(123)89-43-51-115-97(69-89)93-39-9-13-47-111-93/h1-52,67-70H,53-66,71-72H2,(H,117,121)(H,118,122)(H,119,123)(H,120,124). The number of aromatic nitrogens is 8. The first-order valence-electron chi connectivity index (χ1n) is 43.2. The fourth-order valence-electron chi connectivity index (χ4n) is 15.9. The number of nitrogens with one attached hydrogen (secondary N) is 4. The molecule has 0 saturated heterocycles. The van der Waals surface area contributed by atoms with Crippen molar-refractivity contribution in [1.82, 2.24) is 61.1 Å². The maximum atomic E-state index is 14.2. The zero-order valence-corrected chi connectivity index (χ0v) is 71.3. The van der Waals surface area contributed by atoms with Crippen molar-refractivity contribution in [2.24, 2.45) is 0 Å². The predicted octanol–water partition coefficient (Wildman–Crippen LogP) is 17.8. The summed E-state index contributed by atoms with van der Waals surface area (Å²) >= 11 is 0. The summed E-state index contributed by atoms with van der Waals surface area (Å²) in [6.07, 6.45) is 15.1. The summed E-state index contributed by atoms with van der Waals surface area (Å²) in [5.41, 5.74) is 18.6. The van der Waals surface area contributed by atoms with Crippen LogP contribution >= 0.6 is 0 Å². The second-order valence-corrected chi connectivity index (χ2v) is 31.0. The number of hydrogen-bond donors (Lipinski definition) is 4. The number of ether oxygens (including phenoxy) is 6. The zero-order valence-electron chi connectivity index (χ0n) is 71.3. The summed E-state index contributed by atoms with van der Waals surface area (Å²) in [5.74, 6) is 2.51. The van der Waals surface area contributed by atoms with Gasteiger partial charge in [-0.05, 0) is 175 Å². The fraction of sp³-hybridized carbons (Fsp3) is 0.148. The molecule has 0 fully saturated rings. The third-order valence-corrected chi connectivity index (χ3v) is 22.1. The van der Waals surface area contributed by atoms with E-state index in [1.54, 1.807) is 98.1 Å². The van der Waals surface area contributed by atoms with Gasteiger partial charge in [0.25, 0.3) is 23.6 Å². The molecule has 0 radical (unpaired) electrons. The molecule has 4 N–H and O–H groups in total. The molecule has 0 unspecified atom stereocenters. The van der Waals surface area contributed by atoms with Gasteiger partial charge in [0, 0.05) is 110 Å². The molecule has 17 rings (SSSR count). The van der Waals surface area contributed by atoms with Gasteiger partial charge in [-0.1, -0.05) is 194 Å². The Morgan fingerprint density at radius 2 is 0.408 bits per heavy atom. The van der Waals surface area contributed by atoms with E-state index in [0.717, 1.165) is 77.9 Å². The lowest BCUT2D eigenvalue weighted by Crippen LogP contribution is -2.28. The molecular formula is C108H92N12O10. The first-order valence-corrected chi connectivity index (χ1v) is 43.2. The molecule has 22 nitrogen and oxygen atoms in total. The van der Waals surface area contributed by atoms with Gasteiger partial charge in [-0.15, -0.1) is 0 Å². The summed E-state index contributed by atoms with van der Waals surface area (Å²) < 4.78 is 43.1. The molecule has 0 atom stereocenters. The van der Waals surface area contributed by atoms with Gasteiger partial charge in [-0.3, -0.25) is 59.0 Å². The highest BCUT2D eigenvalue weighted by atomic mass is 16.5. The number of nitrogens with zero attached hydrogens (tertiary/aromatic N) is 8. The van der Waals surface area contributed by atoms with Gasteiger partial charge in [-0.25, -0.2) is 0 Å². The van der Waals surface area contributed by atoms with Crippen LogP contribution in [0.4, 0.5) is 0 Å². The van der Waals surface area contributed by atoms with Gasteiger partial charge in [0.2, 0.25) is 0 Å². The smallest absolute Gasteiger partial charge is 0.251 e. The van der Waals surface area contributed by atoms with Crippen LogP contribution in [-0.4, -0.2) is 116 Å². The Kier molecular flexibility index (Phi) is 28.1. The largest absolute Gasteiger partial charge is 0.491 e. The molecule has 1 aliphatic carbocycles. The van der Waals surface area contributed by atoms with Crippen LogP contribution in [0.15, 0.2) is 341 Å². The molecule has 644 valence electrons. The Morgan fingerprint density at radius 3 is 0.615 bits per heavy atom. The van der Waals surface area contributed by atoms with E-state index in [-0.39, 0.29) is 89.4 Å². The molecule has 4 amide bonds. The first kappa shape index (κ1) is 85.8. The number of hydrogen-bond acceptors (Lipinski definition) is 18. The van der Waals surface area contributed by atoms with Gasteiger partial charge in [0.1, 0.15) is 74.1 Å². The maximum absolute atomic E-state index is 14.2. The van der Waals surface area contributed by atoms with Crippen molar-refractivity contribution < 1.29 is 47.6 Å². The van der Waals surface area contributed by atoms with Crippen molar-refractivity contribution in [1.29, 1.82) is 0 Å². The summed E-state index contributed by atoms with van der Waals surface area (Å²) in [5, 5.41) is 12.5. The molecule has 22 heteroatoms. The Morgan fingerprint density at radius 1 is 0.208 bits per heavy atom. The number of fused-ring (bicyclic) bond motifs is 12. The Labute approximate surface area is 753 Å². The third kappa shape index (κ3) is 21.9. The number of carbonyl (C=O) groups excluding carboxylic acids is 4. The van der Waals surface area contributed by atoms with Gasteiger partial charge < -0.3 is 49.7 Å². The fourth-order valence-corrected chi connectivity index (χ4v) is 15.9. The number of rotatable bonds is 30. The van der Waals surface area contributed by atoms with Gasteiger partial charge in [0.15, 0.2) is 0 Å². The lowest BCUT2D eigenvalue weighted by molar-refractivity contribution is 0.0939. The molecule has 0 saturated carbocycles. The molecule has 0 aliphatic heterocycles. The predicted molar refractivity (Wildman–Crippen MR) is 498 cm³/mol. The summed E-state index contributed by atoms with van der Waals surface area (Å²) in [6.45, 7) is 1.33. The Hall–Kier alpha value is -16.4. The number of carbonyl (C=O) groups is 4. The lowest BCUT2D eigenvalue weighted by Gasteiger charge is -2.23. The molecule has 1 aliphatic rings. The van der Waals surface area contributed by atoms with Crippen LogP contribution in [0, 0.1) is 0 Å². The highest BCUT2D eigenvalue weighted by Gasteiger charge is 2.26. The van der Waals surface area contributed by atoms with Gasteiger partial charge in [-0.2, -0.15) is 0 Å². The minimum Gasteiger partial charge on any atom is -0.491 e. The van der Waals surface area contributed by atoms with E-state index >= 15 is 0 Å². The van der Waals surface area contributed by atoms with Crippen molar-refractivity contribution in [2.45, 2.75) is 51.7 Å². The van der Waals surface area contributed by atoms with E-state index in [1.807, 2.05) is 158 Å². The zero-order chi connectivity index (χ0) is 88.4. The molecular weight excluding hydrogens is 1630 g/mol. The molecule has 16 aromatic rings. The van der Waals surface area contributed by atoms with Crippen LogP contribution < -0.4 is 49.7 Å². The second kappa shape index (κ2) is 42.6. The van der Waals surface area contributed by atoms with Crippen molar-refractivity contribution >= 4 is 23.6 Å². The van der Waals surface area contributed by atoms with Gasteiger partial charge >= 0.3 is 0 Å². The molecule has 0 spiro atoms. The summed E-state index contributed by atoms with van der Waals surface area (Å²) in [7, 11) is 0. The second-order valence-electron chi connectivity index (χ2n) is 31.0. The Bertz CT molecular complexity index is 5880. The van der Waals surface area contributed by atoms with E-state index in [0.29, 0.717) is 141 Å². The van der Waals surface area contributed by atoms with E-state index in [1.165, 1.54) is 0 Å². The molecule has 12 bridgehead atoms. The van der Waals surface area contributed by atoms with Crippen LogP contribution in [0.5, 0.6) is 34.5 Å². The summed E-state index contributed by atoms with van der Waals surface area (Å²) in [4.78, 5) is 92.8. The van der Waals surface area contributed by atoms with Crippen LogP contribution in [0.1, 0.15) is 119 Å². The van der Waals surface area contributed by atoms with Crippen LogP contribution in [0.25, 0.3) is 45.6 Å². The number of benzene rings is 8. The topological polar surface area (TPSA) is 275 Å². The number of para-hydroxylation sites is 6. The van der Waals surface area contributed by atoms with Crippen LogP contribution in [0.2, 0.25) is 0 Å². The van der Waals surface area contributed by atoms with E-state index < -0.39 is 0 Å². The average molecular weight is 1720 g/mol. The Balaban J connectivity index is 0.773. The lowest BCUT2D eigenvalue weighted by atomic mass is 9.91. The quantitative estimate of drug-likeness (QED) is 0.0305. The van der Waals surface area contributed by atoms with E-state index in [2.05, 4.69) is 146 Å². The van der Waals surface area contributed by atoms with E-state index in [9.17, 15) is 19.2 Å². The SMILES string of the molecule is O=C(NCCOc1c2cccc1Cc1cccc(c1OCc1ccccc1)Cc1cccc(c1OCCNC(=O)c1ccnc(-c3ccccn3)c1)Cc1cccc(c1OCCNC(=O)c1ccnc(-c3ccccn3)c1)Cc1cccc(c1OCc1ccccc1)Cc1cccc(c1OCCNC(=O)c1ccnc(-c3ccccn3)c1)C2)c1ccnc(-c2ccccn2)c1. The summed E-state index contributed by atoms with van der Waals surface area (Å²) in [6, 6.07) is 93.2. The number of amides is 4. The van der Waals surface area contributed by atoms with Crippen molar-refractivity contribution in [3.8, 4) is 80.0 Å². The molecule has 8 aromatic carbocycles. The van der Waals surface area contributed by atoms with Crippen LogP contribution in [0.3, 0.4) is 0 Å². The van der Waals surface area contributed by atoms with E-state index in [4.69, 9.17) is 28.4 Å². The normalized spacial score (nSPS) is 11.6. The van der Waals surface area contributed by atoms with Crippen molar-refractivity contribution in [3.05, 3.63) is 441 Å². The molecule has 8 aromatic heterocycles. The molecule has 8 heterocycles. The minimum absolute atomic E-state index is 0.0776. The third-order valence-electron chi connectivity index (χ3n) is 22.1. The highest BCUT2D eigenvalue weighted by Crippen LogP contribution is 2.42. The minimum atomic E-state index is -0.307. The highest BCUT2D eigenvalue weighted by molar-refractivity contribution is 5.97. The average Bonchev–Trinajstić information content (AvgIpc) is 0.779.